The average Bonchev–Trinajstić information content (AvgIpc) is 3.01. The first-order chi connectivity index (χ1) is 9.65. The highest BCUT2D eigenvalue weighted by Crippen LogP contribution is 2.31. The molecule has 0 unspecified atom stereocenters. The van der Waals surface area contributed by atoms with Crippen molar-refractivity contribution in [1.29, 1.82) is 0 Å². The number of methoxy groups -OCH3 is 2. The zero-order chi connectivity index (χ0) is 14.5. The third kappa shape index (κ3) is 3.10. The van der Waals surface area contributed by atoms with E-state index >= 15 is 0 Å². The standard InChI is InChI=1S/C15H18O5/c1-18-13-9-11(14(16)19-2)7-8-12(13)20-15(17)10-5-3-4-6-10/h7-10H,3-6H2,1-2H3. The first-order valence-corrected chi connectivity index (χ1v) is 6.63. The normalized spacial score (nSPS) is 14.9. The van der Waals surface area contributed by atoms with Crippen molar-refractivity contribution in [3.05, 3.63) is 23.8 Å². The molecule has 0 heterocycles. The molecule has 2 rings (SSSR count). The fourth-order valence-corrected chi connectivity index (χ4v) is 2.35. The van der Waals surface area contributed by atoms with E-state index in [4.69, 9.17) is 9.47 Å². The second kappa shape index (κ2) is 6.41. The minimum Gasteiger partial charge on any atom is -0.493 e. The number of hydrogen-bond donors (Lipinski definition) is 0. The van der Waals surface area contributed by atoms with Gasteiger partial charge in [-0.2, -0.15) is 0 Å². The van der Waals surface area contributed by atoms with E-state index in [0.29, 0.717) is 17.1 Å². The molecule has 5 heteroatoms. The predicted octanol–water partition coefficient (Wildman–Crippen LogP) is 2.58. The van der Waals surface area contributed by atoms with Crippen LogP contribution in [0, 0.1) is 5.92 Å². The van der Waals surface area contributed by atoms with Gasteiger partial charge in [-0.15, -0.1) is 0 Å². The number of carbonyl (C=O) groups excluding carboxylic acids is 2. The molecule has 0 N–H and O–H groups in total. The summed E-state index contributed by atoms with van der Waals surface area (Å²) >= 11 is 0. The Labute approximate surface area is 117 Å². The number of rotatable bonds is 4. The van der Waals surface area contributed by atoms with Gasteiger partial charge in [-0.05, 0) is 31.0 Å². The van der Waals surface area contributed by atoms with Crippen LogP contribution in [0.15, 0.2) is 18.2 Å². The van der Waals surface area contributed by atoms with E-state index in [0.717, 1.165) is 25.7 Å². The molecule has 0 aromatic heterocycles. The summed E-state index contributed by atoms with van der Waals surface area (Å²) in [7, 11) is 2.77. The van der Waals surface area contributed by atoms with Gasteiger partial charge in [0.2, 0.25) is 0 Å². The Balaban J connectivity index is 2.14. The molecule has 0 radical (unpaired) electrons. The van der Waals surface area contributed by atoms with Gasteiger partial charge in [-0.3, -0.25) is 4.79 Å². The van der Waals surface area contributed by atoms with Crippen LogP contribution in [0.2, 0.25) is 0 Å². The summed E-state index contributed by atoms with van der Waals surface area (Å²) in [4.78, 5) is 23.4. The van der Waals surface area contributed by atoms with Crippen molar-refractivity contribution in [2.24, 2.45) is 5.92 Å². The Bertz CT molecular complexity index is 503. The van der Waals surface area contributed by atoms with Crippen LogP contribution in [0.25, 0.3) is 0 Å². The second-order valence-corrected chi connectivity index (χ2v) is 4.76. The van der Waals surface area contributed by atoms with E-state index in [1.807, 2.05) is 0 Å². The Kier molecular flexibility index (Phi) is 4.61. The lowest BCUT2D eigenvalue weighted by molar-refractivity contribution is -0.138. The molecule has 0 spiro atoms. The second-order valence-electron chi connectivity index (χ2n) is 4.76. The molecule has 1 aromatic rings. The highest BCUT2D eigenvalue weighted by atomic mass is 16.6. The third-order valence-corrected chi connectivity index (χ3v) is 3.48. The van der Waals surface area contributed by atoms with Gasteiger partial charge in [0.15, 0.2) is 11.5 Å². The Morgan fingerprint density at radius 1 is 1.10 bits per heavy atom. The van der Waals surface area contributed by atoms with Crippen LogP contribution in [0.3, 0.4) is 0 Å². The molecule has 1 aliphatic rings. The van der Waals surface area contributed by atoms with Gasteiger partial charge in [0.1, 0.15) is 0 Å². The van der Waals surface area contributed by atoms with Crippen LogP contribution in [0.4, 0.5) is 0 Å². The van der Waals surface area contributed by atoms with Crippen molar-refractivity contribution in [1.82, 2.24) is 0 Å². The fourth-order valence-electron chi connectivity index (χ4n) is 2.35. The minimum absolute atomic E-state index is 0.0278. The molecular formula is C15H18O5. The average molecular weight is 278 g/mol. The van der Waals surface area contributed by atoms with Crippen molar-refractivity contribution < 1.29 is 23.8 Å². The predicted molar refractivity (Wildman–Crippen MR) is 71.9 cm³/mol. The number of ether oxygens (including phenoxy) is 3. The van der Waals surface area contributed by atoms with Gasteiger partial charge in [-0.1, -0.05) is 12.8 Å². The van der Waals surface area contributed by atoms with E-state index in [2.05, 4.69) is 4.74 Å². The smallest absolute Gasteiger partial charge is 0.337 e. The number of esters is 2. The Morgan fingerprint density at radius 2 is 1.80 bits per heavy atom. The number of hydrogen-bond acceptors (Lipinski definition) is 5. The van der Waals surface area contributed by atoms with Crippen LogP contribution in [-0.2, 0) is 9.53 Å². The van der Waals surface area contributed by atoms with Crippen molar-refractivity contribution in [2.75, 3.05) is 14.2 Å². The van der Waals surface area contributed by atoms with Crippen LogP contribution in [0.1, 0.15) is 36.0 Å². The summed E-state index contributed by atoms with van der Waals surface area (Å²) in [5.41, 5.74) is 0.352. The van der Waals surface area contributed by atoms with E-state index in [9.17, 15) is 9.59 Å². The fraction of sp³-hybridized carbons (Fsp3) is 0.467. The van der Waals surface area contributed by atoms with Gasteiger partial charge in [0.05, 0.1) is 25.7 Å². The summed E-state index contributed by atoms with van der Waals surface area (Å²) in [5, 5.41) is 0. The third-order valence-electron chi connectivity index (χ3n) is 3.48. The molecule has 1 fully saturated rings. The molecule has 1 aliphatic carbocycles. The Morgan fingerprint density at radius 3 is 2.40 bits per heavy atom. The first kappa shape index (κ1) is 14.4. The number of benzene rings is 1. The molecule has 0 bridgehead atoms. The summed E-state index contributed by atoms with van der Waals surface area (Å²) in [5.74, 6) is -0.0418. The van der Waals surface area contributed by atoms with E-state index in [1.54, 1.807) is 12.1 Å². The molecule has 0 amide bonds. The van der Waals surface area contributed by atoms with E-state index < -0.39 is 5.97 Å². The molecule has 0 aliphatic heterocycles. The van der Waals surface area contributed by atoms with Crippen LogP contribution in [-0.4, -0.2) is 26.2 Å². The maximum atomic E-state index is 12.0. The van der Waals surface area contributed by atoms with Gasteiger partial charge < -0.3 is 14.2 Å². The molecule has 108 valence electrons. The van der Waals surface area contributed by atoms with Crippen LogP contribution >= 0.6 is 0 Å². The van der Waals surface area contributed by atoms with Gasteiger partial charge in [0.25, 0.3) is 0 Å². The van der Waals surface area contributed by atoms with Gasteiger partial charge in [0, 0.05) is 0 Å². The summed E-state index contributed by atoms with van der Waals surface area (Å²) in [6.45, 7) is 0. The minimum atomic E-state index is -0.461. The van der Waals surface area contributed by atoms with Crippen molar-refractivity contribution >= 4 is 11.9 Å². The topological polar surface area (TPSA) is 61.8 Å². The molecule has 0 saturated heterocycles. The maximum absolute atomic E-state index is 12.0. The highest BCUT2D eigenvalue weighted by Gasteiger charge is 2.25. The van der Waals surface area contributed by atoms with Crippen molar-refractivity contribution in [3.63, 3.8) is 0 Å². The van der Waals surface area contributed by atoms with Crippen molar-refractivity contribution in [2.45, 2.75) is 25.7 Å². The van der Waals surface area contributed by atoms with E-state index in [1.165, 1.54) is 20.3 Å². The summed E-state index contributed by atoms with van der Waals surface area (Å²) < 4.78 is 15.2. The van der Waals surface area contributed by atoms with Crippen LogP contribution in [0.5, 0.6) is 11.5 Å². The molecular weight excluding hydrogens is 260 g/mol. The zero-order valence-electron chi connectivity index (χ0n) is 11.7. The van der Waals surface area contributed by atoms with Gasteiger partial charge in [-0.25, -0.2) is 4.79 Å². The quantitative estimate of drug-likeness (QED) is 0.625. The lowest BCUT2D eigenvalue weighted by Crippen LogP contribution is -2.18. The molecule has 0 atom stereocenters. The maximum Gasteiger partial charge on any atom is 0.337 e. The lowest BCUT2D eigenvalue weighted by atomic mass is 10.1. The molecule has 20 heavy (non-hydrogen) atoms. The SMILES string of the molecule is COC(=O)c1ccc(OC(=O)C2CCCC2)c(OC)c1. The Hall–Kier alpha value is -2.04. The van der Waals surface area contributed by atoms with Crippen molar-refractivity contribution in [3.8, 4) is 11.5 Å². The lowest BCUT2D eigenvalue weighted by Gasteiger charge is -2.13. The molecule has 1 saturated carbocycles. The largest absolute Gasteiger partial charge is 0.493 e. The number of carbonyl (C=O) groups is 2. The molecule has 1 aromatic carbocycles. The van der Waals surface area contributed by atoms with E-state index in [-0.39, 0.29) is 11.9 Å². The summed E-state index contributed by atoms with van der Waals surface area (Å²) in [6, 6.07) is 4.60. The zero-order valence-corrected chi connectivity index (χ0v) is 11.7. The summed E-state index contributed by atoms with van der Waals surface area (Å²) in [6.07, 6.45) is 3.89. The van der Waals surface area contributed by atoms with Gasteiger partial charge >= 0.3 is 11.9 Å². The monoisotopic (exact) mass is 278 g/mol. The van der Waals surface area contributed by atoms with Crippen LogP contribution < -0.4 is 9.47 Å². The molecule has 5 nitrogen and oxygen atoms in total. The highest BCUT2D eigenvalue weighted by molar-refractivity contribution is 5.90. The first-order valence-electron chi connectivity index (χ1n) is 6.63.